The first-order valence-corrected chi connectivity index (χ1v) is 16.4. The van der Waals surface area contributed by atoms with Crippen molar-refractivity contribution in [1.82, 2.24) is 4.90 Å². The summed E-state index contributed by atoms with van der Waals surface area (Å²) in [5.74, 6) is 2.67. The number of carbonyl (C=O) groups is 1. The summed E-state index contributed by atoms with van der Waals surface area (Å²) < 4.78 is 17.2. The molecule has 0 radical (unpaired) electrons. The molecule has 7 heteroatoms. The van der Waals surface area contributed by atoms with E-state index in [-0.39, 0.29) is 12.5 Å². The molecule has 0 saturated carbocycles. The van der Waals surface area contributed by atoms with Gasteiger partial charge in [-0.3, -0.25) is 4.79 Å². The van der Waals surface area contributed by atoms with Crippen molar-refractivity contribution in [3.05, 3.63) is 59.1 Å². The van der Waals surface area contributed by atoms with E-state index in [4.69, 9.17) is 14.2 Å². The molecule has 2 aromatic rings. The largest absolute Gasteiger partial charge is 0.493 e. The lowest BCUT2D eigenvalue weighted by Gasteiger charge is -2.15. The maximum absolute atomic E-state index is 12.5. The Morgan fingerprint density at radius 3 is 2.12 bits per heavy atom. The van der Waals surface area contributed by atoms with Gasteiger partial charge in [-0.05, 0) is 48.1 Å². The van der Waals surface area contributed by atoms with E-state index >= 15 is 0 Å². The van der Waals surface area contributed by atoms with Gasteiger partial charge >= 0.3 is 0 Å². The number of carbonyl (C=O) groups excluding carboxylic acids is 1. The van der Waals surface area contributed by atoms with Crippen molar-refractivity contribution in [2.24, 2.45) is 0 Å². The van der Waals surface area contributed by atoms with Crippen LogP contribution in [0.25, 0.3) is 0 Å². The number of nitrogens with zero attached hydrogens (tertiary/aromatic N) is 1. The zero-order chi connectivity index (χ0) is 29.1. The second kappa shape index (κ2) is 19.3. The lowest BCUT2D eigenvalue weighted by atomic mass is 10.1. The van der Waals surface area contributed by atoms with Gasteiger partial charge in [-0.15, -0.1) is 11.8 Å². The number of hydrogen-bond acceptors (Lipinski definition) is 6. The Labute approximate surface area is 252 Å². The highest BCUT2D eigenvalue weighted by Crippen LogP contribution is 2.32. The van der Waals surface area contributed by atoms with Crippen LogP contribution in [0.5, 0.6) is 17.2 Å². The van der Waals surface area contributed by atoms with Gasteiger partial charge in [0.05, 0.1) is 19.6 Å². The number of hydrogen-bond donors (Lipinski definition) is 1. The van der Waals surface area contributed by atoms with Gasteiger partial charge < -0.3 is 24.4 Å². The highest BCUT2D eigenvalue weighted by Gasteiger charge is 2.11. The lowest BCUT2D eigenvalue weighted by molar-refractivity contribution is -0.118. The number of ether oxygens (including phenoxy) is 3. The molecular weight excluding hydrogens is 532 g/mol. The number of amides is 1. The minimum absolute atomic E-state index is 0.0820. The molecule has 2 aromatic carbocycles. The maximum atomic E-state index is 12.5. The Morgan fingerprint density at radius 1 is 0.854 bits per heavy atom. The molecule has 6 nitrogen and oxygen atoms in total. The van der Waals surface area contributed by atoms with Crippen LogP contribution in [-0.4, -0.2) is 37.0 Å². The molecule has 0 atom stereocenters. The molecule has 0 bridgehead atoms. The number of rotatable bonds is 21. The van der Waals surface area contributed by atoms with Gasteiger partial charge in [0.1, 0.15) is 5.75 Å². The maximum Gasteiger partial charge on any atom is 0.262 e. The molecule has 0 fully saturated rings. The first-order chi connectivity index (χ1) is 20.1. The van der Waals surface area contributed by atoms with E-state index in [1.807, 2.05) is 42.1 Å². The molecule has 1 heterocycles. The van der Waals surface area contributed by atoms with E-state index < -0.39 is 0 Å². The molecule has 0 spiro atoms. The van der Waals surface area contributed by atoms with Crippen molar-refractivity contribution >= 4 is 23.4 Å². The van der Waals surface area contributed by atoms with E-state index in [2.05, 4.69) is 30.3 Å². The summed E-state index contributed by atoms with van der Waals surface area (Å²) in [5, 5.41) is 2.91. The number of anilines is 1. The minimum Gasteiger partial charge on any atom is -0.493 e. The van der Waals surface area contributed by atoms with Crippen LogP contribution in [0.4, 0.5) is 5.69 Å². The van der Waals surface area contributed by atoms with Gasteiger partial charge in [0.25, 0.3) is 5.91 Å². The summed E-state index contributed by atoms with van der Waals surface area (Å²) in [6, 6.07) is 13.4. The summed E-state index contributed by atoms with van der Waals surface area (Å²) in [7, 11) is 1.63. The van der Waals surface area contributed by atoms with Gasteiger partial charge in [0, 0.05) is 24.5 Å². The fourth-order valence-corrected chi connectivity index (χ4v) is 5.63. The summed E-state index contributed by atoms with van der Waals surface area (Å²) >= 11 is 1.85. The molecule has 226 valence electrons. The third-order valence-corrected chi connectivity index (χ3v) is 8.23. The summed E-state index contributed by atoms with van der Waals surface area (Å²) in [5.41, 5.74) is 1.96. The third kappa shape index (κ3) is 13.2. The number of allylic oxidation sites excluding steroid dienone is 1. The van der Waals surface area contributed by atoms with E-state index in [0.717, 1.165) is 24.5 Å². The average Bonchev–Trinajstić information content (AvgIpc) is 3.39. The predicted octanol–water partition coefficient (Wildman–Crippen LogP) is 9.16. The number of methoxy groups -OCH3 is 1. The van der Waals surface area contributed by atoms with Crippen LogP contribution in [0.2, 0.25) is 0 Å². The van der Waals surface area contributed by atoms with Crippen LogP contribution in [0, 0.1) is 0 Å². The lowest BCUT2D eigenvalue weighted by Crippen LogP contribution is -2.20. The number of benzene rings is 2. The van der Waals surface area contributed by atoms with Crippen LogP contribution in [-0.2, 0) is 11.3 Å². The van der Waals surface area contributed by atoms with Crippen molar-refractivity contribution in [3.63, 3.8) is 0 Å². The van der Waals surface area contributed by atoms with Crippen molar-refractivity contribution in [2.45, 2.75) is 97.4 Å². The van der Waals surface area contributed by atoms with Crippen LogP contribution >= 0.6 is 11.8 Å². The number of unbranched alkanes of at least 4 members (excludes halogenated alkanes) is 11. The van der Waals surface area contributed by atoms with Crippen LogP contribution < -0.4 is 19.5 Å². The molecule has 3 rings (SSSR count). The zero-order valence-corrected chi connectivity index (χ0v) is 26.2. The molecule has 0 unspecified atom stereocenters. The Kier molecular flexibility index (Phi) is 15.4. The Balaban J connectivity index is 1.30. The molecule has 1 amide bonds. The van der Waals surface area contributed by atoms with Crippen molar-refractivity contribution in [3.8, 4) is 17.2 Å². The van der Waals surface area contributed by atoms with E-state index in [1.54, 1.807) is 19.2 Å². The monoisotopic (exact) mass is 582 g/mol. The molecule has 41 heavy (non-hydrogen) atoms. The fraction of sp³-hybridized carbons (Fsp3) is 0.559. The first kappa shape index (κ1) is 32.7. The molecule has 0 saturated heterocycles. The van der Waals surface area contributed by atoms with Gasteiger partial charge in [-0.1, -0.05) is 89.7 Å². The highest BCUT2D eigenvalue weighted by atomic mass is 32.2. The second-order valence-electron chi connectivity index (χ2n) is 10.8. The topological polar surface area (TPSA) is 60.0 Å². The highest BCUT2D eigenvalue weighted by molar-refractivity contribution is 8.03. The van der Waals surface area contributed by atoms with Gasteiger partial charge in [0.2, 0.25) is 0 Å². The molecule has 1 aliphatic rings. The molecule has 0 aromatic heterocycles. The molecule has 0 aliphatic carbocycles. The van der Waals surface area contributed by atoms with Gasteiger partial charge in [0.15, 0.2) is 18.1 Å². The number of thioether (sulfide) groups is 1. The standard InChI is InChI=1S/C34H50N2O4S/c1-4-5-6-7-8-9-10-11-12-13-14-15-22-39-33-23-31(20-21-32(33)38-3)40-26-34(37)35-30-18-16-29(17-19-30)25-36-24-28(2)41-27-36/h16-21,23-24H,4-15,22,25-27H2,1-3H3,(H,35,37). The van der Waals surface area contributed by atoms with Crippen LogP contribution in [0.3, 0.4) is 0 Å². The minimum atomic E-state index is -0.206. The zero-order valence-electron chi connectivity index (χ0n) is 25.4. The first-order valence-electron chi connectivity index (χ1n) is 15.4. The van der Waals surface area contributed by atoms with Crippen LogP contribution in [0.1, 0.15) is 96.5 Å². The Hall–Kier alpha value is -2.80. The van der Waals surface area contributed by atoms with Crippen molar-refractivity contribution < 1.29 is 19.0 Å². The van der Waals surface area contributed by atoms with Crippen LogP contribution in [0.15, 0.2) is 53.6 Å². The van der Waals surface area contributed by atoms with E-state index in [1.165, 1.54) is 81.1 Å². The summed E-state index contributed by atoms with van der Waals surface area (Å²) in [6.45, 7) is 5.82. The Morgan fingerprint density at radius 2 is 1.51 bits per heavy atom. The molecular formula is C34H50N2O4S. The molecule has 1 N–H and O–H groups in total. The van der Waals surface area contributed by atoms with Gasteiger partial charge in [-0.25, -0.2) is 0 Å². The van der Waals surface area contributed by atoms with E-state index in [9.17, 15) is 4.79 Å². The third-order valence-electron chi connectivity index (χ3n) is 7.21. The van der Waals surface area contributed by atoms with Gasteiger partial charge in [-0.2, -0.15) is 0 Å². The SMILES string of the molecule is CCCCCCCCCCCCCCOc1cc(OCC(=O)Nc2ccc(CN3C=C(C)SC3)cc2)ccc1OC. The quantitative estimate of drug-likeness (QED) is 0.148. The van der Waals surface area contributed by atoms with Crippen molar-refractivity contribution in [2.75, 3.05) is 31.5 Å². The smallest absolute Gasteiger partial charge is 0.262 e. The number of nitrogens with one attached hydrogen (secondary N) is 1. The summed E-state index contributed by atoms with van der Waals surface area (Å²) in [4.78, 5) is 16.1. The average molecular weight is 583 g/mol. The normalized spacial score (nSPS) is 12.8. The fourth-order valence-electron chi connectivity index (χ4n) is 4.87. The molecule has 1 aliphatic heterocycles. The summed E-state index contributed by atoms with van der Waals surface area (Å²) in [6.07, 6.45) is 17.9. The van der Waals surface area contributed by atoms with E-state index in [0.29, 0.717) is 23.9 Å². The Bertz CT molecular complexity index is 1060. The second-order valence-corrected chi connectivity index (χ2v) is 12.0. The van der Waals surface area contributed by atoms with Crippen molar-refractivity contribution in [1.29, 1.82) is 0 Å². The predicted molar refractivity (Wildman–Crippen MR) is 172 cm³/mol.